The van der Waals surface area contributed by atoms with Crippen molar-refractivity contribution in [3.8, 4) is 9.85 Å². The van der Waals surface area contributed by atoms with Gasteiger partial charge in [0.15, 0.2) is 0 Å². The molecular formula is C25H47INO+. The van der Waals surface area contributed by atoms with E-state index in [9.17, 15) is 0 Å². The number of rotatable bonds is 16. The third-order valence-corrected chi connectivity index (χ3v) is 6.60. The van der Waals surface area contributed by atoms with E-state index in [-0.39, 0.29) is 0 Å². The first-order chi connectivity index (χ1) is 13.6. The SMILES string of the molecule is CCCCCCCCCCCCCCCC[N+]1(CC#CI)CC(C)OC(C)C1. The van der Waals surface area contributed by atoms with Crippen LogP contribution in [0.1, 0.15) is 111 Å². The van der Waals surface area contributed by atoms with Crippen LogP contribution in [0.4, 0.5) is 0 Å². The van der Waals surface area contributed by atoms with Crippen molar-refractivity contribution >= 4 is 22.6 Å². The highest BCUT2D eigenvalue weighted by molar-refractivity contribution is 14.1. The summed E-state index contributed by atoms with van der Waals surface area (Å²) < 4.78 is 10.2. The maximum absolute atomic E-state index is 5.98. The minimum atomic E-state index is 0.367. The van der Waals surface area contributed by atoms with Gasteiger partial charge in [-0.15, -0.1) is 0 Å². The van der Waals surface area contributed by atoms with Crippen molar-refractivity contribution < 1.29 is 9.22 Å². The van der Waals surface area contributed by atoms with Gasteiger partial charge in [-0.25, -0.2) is 0 Å². The number of quaternary nitrogens is 1. The van der Waals surface area contributed by atoms with Gasteiger partial charge in [-0.2, -0.15) is 0 Å². The molecule has 0 aromatic carbocycles. The molecule has 0 aliphatic carbocycles. The molecule has 0 radical (unpaired) electrons. The Morgan fingerprint density at radius 1 is 0.750 bits per heavy atom. The monoisotopic (exact) mass is 504 g/mol. The van der Waals surface area contributed by atoms with E-state index in [0.717, 1.165) is 24.1 Å². The van der Waals surface area contributed by atoms with Gasteiger partial charge in [0.25, 0.3) is 0 Å². The number of ether oxygens (including phenoxy) is 1. The van der Waals surface area contributed by atoms with Crippen molar-refractivity contribution in [3.63, 3.8) is 0 Å². The molecule has 1 rings (SSSR count). The molecule has 3 heteroatoms. The van der Waals surface area contributed by atoms with Crippen LogP contribution < -0.4 is 0 Å². The Morgan fingerprint density at radius 3 is 1.61 bits per heavy atom. The van der Waals surface area contributed by atoms with Crippen molar-refractivity contribution in [2.75, 3.05) is 26.2 Å². The van der Waals surface area contributed by atoms with Crippen LogP contribution in [0.15, 0.2) is 0 Å². The summed E-state index contributed by atoms with van der Waals surface area (Å²) in [5.41, 5.74) is 0. The standard InChI is InChI=1S/C25H47INO/c1-4-5-6-7-8-9-10-11-12-13-14-15-16-17-20-27(21-18-19-26)22-24(2)28-25(3)23-27/h24-25H,4-17,20-23H2,1-3H3/q+1. The summed E-state index contributed by atoms with van der Waals surface area (Å²) in [7, 11) is 0. The molecular weight excluding hydrogens is 457 g/mol. The van der Waals surface area contributed by atoms with Crippen LogP contribution in [0.2, 0.25) is 0 Å². The lowest BCUT2D eigenvalue weighted by molar-refractivity contribution is -0.935. The number of nitrogens with zero attached hydrogens (tertiary/aromatic N) is 1. The molecule has 0 aromatic heterocycles. The number of morpholine rings is 1. The topological polar surface area (TPSA) is 9.23 Å². The van der Waals surface area contributed by atoms with E-state index in [2.05, 4.69) is 53.2 Å². The molecule has 1 aliphatic heterocycles. The van der Waals surface area contributed by atoms with Crippen LogP contribution in [-0.4, -0.2) is 42.9 Å². The van der Waals surface area contributed by atoms with Gasteiger partial charge in [0.1, 0.15) is 31.8 Å². The Morgan fingerprint density at radius 2 is 1.18 bits per heavy atom. The van der Waals surface area contributed by atoms with Crippen LogP contribution >= 0.6 is 22.6 Å². The Balaban J connectivity index is 2.03. The maximum atomic E-state index is 5.98. The predicted molar refractivity (Wildman–Crippen MR) is 132 cm³/mol. The highest BCUT2D eigenvalue weighted by Crippen LogP contribution is 2.21. The van der Waals surface area contributed by atoms with Gasteiger partial charge < -0.3 is 9.22 Å². The predicted octanol–water partition coefficient (Wildman–Crippen LogP) is 7.49. The third kappa shape index (κ3) is 12.7. The fourth-order valence-corrected chi connectivity index (χ4v) is 5.05. The van der Waals surface area contributed by atoms with Gasteiger partial charge >= 0.3 is 0 Å². The zero-order chi connectivity index (χ0) is 20.5. The number of halogens is 1. The average Bonchev–Trinajstić information content (AvgIpc) is 2.66. The van der Waals surface area contributed by atoms with Gasteiger partial charge in [0, 0.05) is 22.6 Å². The molecule has 0 N–H and O–H groups in total. The minimum Gasteiger partial charge on any atom is -0.364 e. The summed E-state index contributed by atoms with van der Waals surface area (Å²) in [6.07, 6.45) is 20.7. The second-order valence-corrected chi connectivity index (χ2v) is 9.75. The van der Waals surface area contributed by atoms with E-state index in [4.69, 9.17) is 4.74 Å². The zero-order valence-corrected chi connectivity index (χ0v) is 21.3. The van der Waals surface area contributed by atoms with Crippen LogP contribution in [0.25, 0.3) is 0 Å². The summed E-state index contributed by atoms with van der Waals surface area (Å²) in [6, 6.07) is 0. The minimum absolute atomic E-state index is 0.367. The smallest absolute Gasteiger partial charge is 0.141 e. The Kier molecular flexibility index (Phi) is 15.9. The van der Waals surface area contributed by atoms with Gasteiger partial charge in [-0.05, 0) is 36.5 Å². The Labute approximate surface area is 190 Å². The average molecular weight is 505 g/mol. The van der Waals surface area contributed by atoms with Crippen molar-refractivity contribution in [1.82, 2.24) is 0 Å². The van der Waals surface area contributed by atoms with Crippen molar-refractivity contribution in [3.05, 3.63) is 0 Å². The van der Waals surface area contributed by atoms with Crippen LogP contribution in [-0.2, 0) is 4.74 Å². The highest BCUT2D eigenvalue weighted by atomic mass is 127. The summed E-state index contributed by atoms with van der Waals surface area (Å²) >= 11 is 2.18. The molecule has 0 amide bonds. The summed E-state index contributed by atoms with van der Waals surface area (Å²) in [6.45, 7) is 11.3. The van der Waals surface area contributed by atoms with Crippen LogP contribution in [0.5, 0.6) is 0 Å². The van der Waals surface area contributed by atoms with Crippen LogP contribution in [0, 0.1) is 9.85 Å². The Bertz CT molecular complexity index is 418. The van der Waals surface area contributed by atoms with Gasteiger partial charge in [0.05, 0.1) is 6.54 Å². The molecule has 1 fully saturated rings. The molecule has 2 unspecified atom stereocenters. The first-order valence-corrected chi connectivity index (χ1v) is 13.3. The fourth-order valence-electron chi connectivity index (χ4n) is 4.88. The van der Waals surface area contributed by atoms with Crippen molar-refractivity contribution in [2.45, 2.75) is 123 Å². The number of hydrogen-bond acceptors (Lipinski definition) is 1. The van der Waals surface area contributed by atoms with Crippen molar-refractivity contribution in [2.24, 2.45) is 0 Å². The lowest BCUT2D eigenvalue weighted by Gasteiger charge is -2.45. The van der Waals surface area contributed by atoms with Gasteiger partial charge in [0.2, 0.25) is 0 Å². The lowest BCUT2D eigenvalue weighted by atomic mass is 10.0. The summed E-state index contributed by atoms with van der Waals surface area (Å²) in [5.74, 6) is 3.35. The maximum Gasteiger partial charge on any atom is 0.141 e. The van der Waals surface area contributed by atoms with Gasteiger partial charge in [-0.1, -0.05) is 84.0 Å². The van der Waals surface area contributed by atoms with E-state index in [0.29, 0.717) is 12.2 Å². The normalized spacial score (nSPS) is 24.7. The van der Waals surface area contributed by atoms with E-state index < -0.39 is 0 Å². The number of hydrogen-bond donors (Lipinski definition) is 0. The second kappa shape index (κ2) is 16.9. The lowest BCUT2D eigenvalue weighted by Crippen LogP contribution is -2.60. The Hall–Kier alpha value is 0.210. The number of unbranched alkanes of at least 4 members (excludes halogenated alkanes) is 13. The van der Waals surface area contributed by atoms with Crippen molar-refractivity contribution in [1.29, 1.82) is 0 Å². The molecule has 1 saturated heterocycles. The first-order valence-electron chi connectivity index (χ1n) is 12.2. The first kappa shape index (κ1) is 26.2. The molecule has 2 atom stereocenters. The van der Waals surface area contributed by atoms with Crippen LogP contribution in [0.3, 0.4) is 0 Å². The molecule has 0 saturated carbocycles. The molecule has 164 valence electrons. The quantitative estimate of drug-likeness (QED) is 0.0916. The molecule has 1 heterocycles. The molecule has 0 aromatic rings. The molecule has 0 spiro atoms. The molecule has 1 aliphatic rings. The fraction of sp³-hybridized carbons (Fsp3) is 0.920. The molecule has 0 bridgehead atoms. The van der Waals surface area contributed by atoms with E-state index in [1.165, 1.54) is 96.4 Å². The molecule has 2 nitrogen and oxygen atoms in total. The zero-order valence-electron chi connectivity index (χ0n) is 19.1. The highest BCUT2D eigenvalue weighted by Gasteiger charge is 2.36. The van der Waals surface area contributed by atoms with E-state index in [1.54, 1.807) is 0 Å². The van der Waals surface area contributed by atoms with Gasteiger partial charge in [-0.3, -0.25) is 0 Å². The third-order valence-electron chi connectivity index (χ3n) is 6.22. The summed E-state index contributed by atoms with van der Waals surface area (Å²) in [4.78, 5) is 0. The van der Waals surface area contributed by atoms with E-state index in [1.807, 2.05) is 0 Å². The van der Waals surface area contributed by atoms with E-state index >= 15 is 0 Å². The second-order valence-electron chi connectivity index (χ2n) is 9.21. The summed E-state index contributed by atoms with van der Waals surface area (Å²) in [5, 5.41) is 0. The largest absolute Gasteiger partial charge is 0.364 e. The molecule has 28 heavy (non-hydrogen) atoms.